The fraction of sp³-hybridized carbons (Fsp3) is 0.611. The zero-order valence-corrected chi connectivity index (χ0v) is 30.7. The van der Waals surface area contributed by atoms with E-state index in [9.17, 15) is 33.9 Å². The molecule has 0 heterocycles. The van der Waals surface area contributed by atoms with E-state index in [1.807, 2.05) is 44.2 Å². The van der Waals surface area contributed by atoms with Gasteiger partial charge in [0, 0.05) is 12.5 Å². The summed E-state index contributed by atoms with van der Waals surface area (Å²) in [7, 11) is 0. The van der Waals surface area contributed by atoms with Gasteiger partial charge in [-0.1, -0.05) is 64.1 Å². The van der Waals surface area contributed by atoms with E-state index in [2.05, 4.69) is 33.2 Å². The molecular weight excluding hydrogens is 644 g/mol. The van der Waals surface area contributed by atoms with Crippen LogP contribution in [0.2, 0.25) is 0 Å². The van der Waals surface area contributed by atoms with Gasteiger partial charge in [0.25, 0.3) is 0 Å². The summed E-state index contributed by atoms with van der Waals surface area (Å²) in [5, 5.41) is 24.6. The molecule has 0 radical (unpaired) electrons. The molecule has 50 heavy (non-hydrogen) atoms. The van der Waals surface area contributed by atoms with Gasteiger partial charge in [-0.05, 0) is 64.4 Å². The first kappa shape index (κ1) is 43.6. The van der Waals surface area contributed by atoms with Gasteiger partial charge in [0.15, 0.2) is 0 Å². The Hall–Kier alpha value is -4.46. The van der Waals surface area contributed by atoms with Crippen LogP contribution in [0.3, 0.4) is 0 Å². The van der Waals surface area contributed by atoms with E-state index >= 15 is 0 Å². The summed E-state index contributed by atoms with van der Waals surface area (Å²) < 4.78 is 5.26. The largest absolute Gasteiger partial charge is 0.444 e. The summed E-state index contributed by atoms with van der Waals surface area (Å²) in [5.41, 5.74) is 5.50. The number of ether oxygens (including phenoxy) is 1. The Morgan fingerprint density at radius 3 is 2.00 bits per heavy atom. The van der Waals surface area contributed by atoms with Crippen LogP contribution < -0.4 is 32.3 Å². The van der Waals surface area contributed by atoms with Crippen molar-refractivity contribution in [2.75, 3.05) is 0 Å². The average molecular weight is 703 g/mol. The van der Waals surface area contributed by atoms with Crippen LogP contribution in [-0.4, -0.2) is 76.6 Å². The molecule has 0 aliphatic heterocycles. The molecule has 6 atom stereocenters. The monoisotopic (exact) mass is 702 g/mol. The van der Waals surface area contributed by atoms with Crippen LogP contribution in [-0.2, 0) is 35.3 Å². The number of alkyl carbamates (subject to hydrolysis) is 1. The summed E-state index contributed by atoms with van der Waals surface area (Å²) in [6.07, 6.45) is -0.697. The molecule has 0 saturated carbocycles. The van der Waals surface area contributed by atoms with Gasteiger partial charge < -0.3 is 42.2 Å². The minimum absolute atomic E-state index is 0.0116. The lowest BCUT2D eigenvalue weighted by Crippen LogP contribution is -2.58. The van der Waals surface area contributed by atoms with Gasteiger partial charge in [-0.3, -0.25) is 24.0 Å². The molecule has 0 aliphatic carbocycles. The predicted octanol–water partition coefficient (Wildman–Crippen LogP) is 2.19. The molecule has 6 amide bonds. The van der Waals surface area contributed by atoms with Crippen molar-refractivity contribution in [2.45, 2.75) is 123 Å². The Morgan fingerprint density at radius 2 is 1.48 bits per heavy atom. The van der Waals surface area contributed by atoms with E-state index in [1.165, 1.54) is 6.08 Å². The Kier molecular flexibility index (Phi) is 18.2. The molecule has 14 heteroatoms. The second-order valence-corrected chi connectivity index (χ2v) is 14.3. The van der Waals surface area contributed by atoms with Crippen molar-refractivity contribution in [2.24, 2.45) is 23.5 Å². The molecule has 0 aliphatic rings. The van der Waals surface area contributed by atoms with Crippen molar-refractivity contribution in [1.29, 1.82) is 0 Å². The quantitative estimate of drug-likeness (QED) is 0.0997. The lowest BCUT2D eigenvalue weighted by Gasteiger charge is -2.31. The van der Waals surface area contributed by atoms with Crippen LogP contribution in [0.1, 0.15) is 86.6 Å². The predicted molar refractivity (Wildman–Crippen MR) is 190 cm³/mol. The summed E-state index contributed by atoms with van der Waals surface area (Å²) in [6, 6.07) is 5.04. The highest BCUT2D eigenvalue weighted by Gasteiger charge is 2.34. The van der Waals surface area contributed by atoms with Crippen molar-refractivity contribution < 1.29 is 38.6 Å². The number of rotatable bonds is 20. The van der Waals surface area contributed by atoms with E-state index in [4.69, 9.17) is 10.5 Å². The molecule has 0 saturated heterocycles. The molecule has 1 rings (SSSR count). The maximum absolute atomic E-state index is 13.5. The number of carbonyl (C=O) groups is 6. The number of carbonyl (C=O) groups excluding carboxylic acids is 6. The number of benzene rings is 1. The summed E-state index contributed by atoms with van der Waals surface area (Å²) >= 11 is 0. The van der Waals surface area contributed by atoms with Gasteiger partial charge in [-0.15, -0.1) is 6.58 Å². The normalized spacial score (nSPS) is 15.0. The number of aliphatic hydroxyl groups excluding tert-OH is 1. The Morgan fingerprint density at radius 1 is 0.860 bits per heavy atom. The van der Waals surface area contributed by atoms with Crippen molar-refractivity contribution >= 4 is 35.6 Å². The van der Waals surface area contributed by atoms with Crippen LogP contribution in [0.4, 0.5) is 4.79 Å². The van der Waals surface area contributed by atoms with Gasteiger partial charge in [0.05, 0.1) is 18.6 Å². The number of primary amides is 1. The average Bonchev–Trinajstić information content (AvgIpc) is 3.00. The smallest absolute Gasteiger partial charge is 0.408 e. The first-order valence-electron chi connectivity index (χ1n) is 17.0. The number of nitrogens with two attached hydrogens (primary N) is 1. The minimum atomic E-state index is -1.42. The third-order valence-corrected chi connectivity index (χ3v) is 7.59. The van der Waals surface area contributed by atoms with Gasteiger partial charge in [-0.25, -0.2) is 4.79 Å². The van der Waals surface area contributed by atoms with Crippen LogP contribution in [0.25, 0.3) is 0 Å². The molecule has 0 unspecified atom stereocenters. The zero-order valence-electron chi connectivity index (χ0n) is 30.7. The molecule has 8 N–H and O–H groups in total. The first-order valence-corrected chi connectivity index (χ1v) is 17.0. The fourth-order valence-corrected chi connectivity index (χ4v) is 5.05. The van der Waals surface area contributed by atoms with E-state index < -0.39 is 83.9 Å². The Bertz CT molecular complexity index is 1300. The topological polar surface area (TPSA) is 218 Å². The lowest BCUT2D eigenvalue weighted by molar-refractivity contribution is -0.133. The van der Waals surface area contributed by atoms with Crippen LogP contribution in [0.15, 0.2) is 43.0 Å². The molecule has 1 aromatic carbocycles. The Balaban J connectivity index is 3.06. The highest BCUT2D eigenvalue weighted by atomic mass is 16.6. The molecule has 0 spiro atoms. The van der Waals surface area contributed by atoms with Crippen molar-refractivity contribution in [3.63, 3.8) is 0 Å². The van der Waals surface area contributed by atoms with E-state index in [0.29, 0.717) is 13.0 Å². The summed E-state index contributed by atoms with van der Waals surface area (Å²) in [4.78, 5) is 77.1. The second-order valence-electron chi connectivity index (χ2n) is 14.3. The van der Waals surface area contributed by atoms with Gasteiger partial charge in [0.1, 0.15) is 23.7 Å². The van der Waals surface area contributed by atoms with Crippen LogP contribution >= 0.6 is 0 Å². The molecule has 1 aromatic rings. The molecule has 14 nitrogen and oxygen atoms in total. The molecule has 280 valence electrons. The second kappa shape index (κ2) is 20.9. The SMILES string of the molecule is C=CC[C@H](C[C@H](O)[C@H](CC(C)C)NC(=O)[C@H](CC(N)=O)NC(=O)[C@@H](NC(=O)OC(C)(C)C)C(C)C)C(=O)N[C@@H](C)C(=O)NCc1ccccc1. The maximum atomic E-state index is 13.5. The fourth-order valence-electron chi connectivity index (χ4n) is 5.05. The third kappa shape index (κ3) is 16.8. The van der Waals surface area contributed by atoms with Crippen molar-refractivity contribution in [1.82, 2.24) is 26.6 Å². The van der Waals surface area contributed by atoms with E-state index in [0.717, 1.165) is 5.56 Å². The van der Waals surface area contributed by atoms with Gasteiger partial charge >= 0.3 is 6.09 Å². The van der Waals surface area contributed by atoms with Crippen LogP contribution in [0, 0.1) is 17.8 Å². The molecule has 0 fully saturated rings. The first-order chi connectivity index (χ1) is 23.2. The maximum Gasteiger partial charge on any atom is 0.408 e. The Labute approximate surface area is 296 Å². The summed E-state index contributed by atoms with van der Waals surface area (Å²) in [5.74, 6) is -4.45. The van der Waals surface area contributed by atoms with Crippen LogP contribution in [0.5, 0.6) is 0 Å². The molecular formula is C36H58N6O8. The molecule has 0 bridgehead atoms. The third-order valence-electron chi connectivity index (χ3n) is 7.59. The highest BCUT2D eigenvalue weighted by Crippen LogP contribution is 2.19. The van der Waals surface area contributed by atoms with E-state index in [1.54, 1.807) is 41.5 Å². The van der Waals surface area contributed by atoms with Crippen molar-refractivity contribution in [3.05, 3.63) is 48.6 Å². The molecule has 0 aromatic heterocycles. The highest BCUT2D eigenvalue weighted by molar-refractivity contribution is 5.94. The minimum Gasteiger partial charge on any atom is -0.444 e. The zero-order chi connectivity index (χ0) is 38.2. The lowest BCUT2D eigenvalue weighted by atomic mass is 9.89. The summed E-state index contributed by atoms with van der Waals surface area (Å²) in [6.45, 7) is 17.7. The number of amides is 6. The van der Waals surface area contributed by atoms with Crippen molar-refractivity contribution in [3.8, 4) is 0 Å². The van der Waals surface area contributed by atoms with Gasteiger partial charge in [0.2, 0.25) is 29.5 Å². The number of allylic oxidation sites excluding steroid dienone is 1. The number of nitrogens with one attached hydrogen (secondary N) is 5. The standard InChI is InChI=1S/C36H58N6O8/c1-10-14-25(32(46)39-23(6)31(45)38-20-24-15-12-11-13-16-24)18-28(43)26(17-21(2)3)40-33(47)27(19-29(37)44)41-34(48)30(22(4)5)42-35(49)50-36(7,8)9/h10-13,15-16,21-23,25-28,30,43H,1,14,17-20H2,2-9H3,(H2,37,44)(H,38,45)(H,39,46)(H,40,47)(H,41,48)(H,42,49)/t23-,25+,26-,27-,28-,30-/m0/s1. The van der Waals surface area contributed by atoms with Gasteiger partial charge in [-0.2, -0.15) is 0 Å². The number of hydrogen-bond donors (Lipinski definition) is 7. The number of hydrogen-bond acceptors (Lipinski definition) is 8. The number of aliphatic hydroxyl groups is 1. The van der Waals surface area contributed by atoms with E-state index in [-0.39, 0.29) is 24.7 Å².